The molecule has 0 spiro atoms. The summed E-state index contributed by atoms with van der Waals surface area (Å²) >= 11 is 0. The second kappa shape index (κ2) is 11.5. The van der Waals surface area contributed by atoms with Crippen LogP contribution in [0.4, 0.5) is 10.1 Å². The highest BCUT2D eigenvalue weighted by Crippen LogP contribution is 2.37. The van der Waals surface area contributed by atoms with E-state index in [2.05, 4.69) is 5.32 Å². The fourth-order valence-corrected chi connectivity index (χ4v) is 4.88. The number of benzene rings is 3. The van der Waals surface area contributed by atoms with E-state index in [-0.39, 0.29) is 42.5 Å². The van der Waals surface area contributed by atoms with Gasteiger partial charge in [0.15, 0.2) is 0 Å². The third-order valence-electron chi connectivity index (χ3n) is 7.07. The maximum atomic E-state index is 13.5. The van der Waals surface area contributed by atoms with Gasteiger partial charge in [0.25, 0.3) is 5.91 Å². The molecule has 1 N–H and O–H groups in total. The van der Waals surface area contributed by atoms with Crippen LogP contribution in [0.1, 0.15) is 62.4 Å². The summed E-state index contributed by atoms with van der Waals surface area (Å²) in [6, 6.07) is 16.9. The van der Waals surface area contributed by atoms with Gasteiger partial charge in [-0.1, -0.05) is 50.2 Å². The van der Waals surface area contributed by atoms with E-state index in [0.717, 1.165) is 28.4 Å². The van der Waals surface area contributed by atoms with E-state index < -0.39 is 6.04 Å². The molecule has 1 heterocycles. The molecule has 6 nitrogen and oxygen atoms in total. The quantitative estimate of drug-likeness (QED) is 0.379. The smallest absolute Gasteiger partial charge is 0.258 e. The second-order valence-corrected chi connectivity index (χ2v) is 9.63. The highest BCUT2D eigenvalue weighted by atomic mass is 19.1. The summed E-state index contributed by atoms with van der Waals surface area (Å²) in [5.74, 6) is -0.765. The molecule has 2 atom stereocenters. The number of anilines is 1. The van der Waals surface area contributed by atoms with Crippen molar-refractivity contribution >= 4 is 34.2 Å². The van der Waals surface area contributed by atoms with Crippen molar-refractivity contribution in [2.24, 2.45) is 0 Å². The summed E-state index contributed by atoms with van der Waals surface area (Å²) in [5.41, 5.74) is 2.31. The van der Waals surface area contributed by atoms with E-state index in [1.165, 1.54) is 12.1 Å². The van der Waals surface area contributed by atoms with Gasteiger partial charge in [-0.15, -0.1) is 0 Å². The monoisotopic (exact) mass is 503 g/mol. The molecule has 0 saturated heterocycles. The summed E-state index contributed by atoms with van der Waals surface area (Å²) in [6.07, 6.45) is 1.88. The number of carbonyl (C=O) groups excluding carboxylic acids is 3. The average Bonchev–Trinajstić information content (AvgIpc) is 3.17. The third kappa shape index (κ3) is 5.66. The molecule has 37 heavy (non-hydrogen) atoms. The van der Waals surface area contributed by atoms with Crippen LogP contribution in [0.25, 0.3) is 10.8 Å². The van der Waals surface area contributed by atoms with Crippen molar-refractivity contribution in [1.82, 2.24) is 10.2 Å². The summed E-state index contributed by atoms with van der Waals surface area (Å²) in [6.45, 7) is 6.41. The molecule has 0 saturated carbocycles. The minimum absolute atomic E-state index is 0.00477. The largest absolute Gasteiger partial charge is 0.352 e. The standard InChI is InChI=1S/C30H34FN3O3/c1-4-20(3)32-29(36)25(5-2)34(19-21-14-16-23(31)17-15-21)27(35)13-8-18-33-26-12-7-10-22-9-6-11-24(28(22)26)30(33)37/h6-7,9-12,14-17,20,25H,4-5,8,13,18-19H2,1-3H3,(H,32,36)/t20-,25+/m1/s1. The topological polar surface area (TPSA) is 69.7 Å². The number of rotatable bonds is 11. The van der Waals surface area contributed by atoms with Crippen LogP contribution in [0, 0.1) is 5.82 Å². The maximum absolute atomic E-state index is 13.5. The average molecular weight is 504 g/mol. The molecular formula is C30H34FN3O3. The Morgan fingerprint density at radius 3 is 2.38 bits per heavy atom. The molecule has 0 radical (unpaired) electrons. The van der Waals surface area contributed by atoms with E-state index in [0.29, 0.717) is 24.9 Å². The number of halogens is 1. The zero-order valence-corrected chi connectivity index (χ0v) is 21.7. The molecular weight excluding hydrogens is 469 g/mol. The van der Waals surface area contributed by atoms with Gasteiger partial charge in [0, 0.05) is 36.5 Å². The number of hydrogen-bond acceptors (Lipinski definition) is 3. The van der Waals surface area contributed by atoms with Gasteiger partial charge >= 0.3 is 0 Å². The lowest BCUT2D eigenvalue weighted by Crippen LogP contribution is -2.50. The van der Waals surface area contributed by atoms with Crippen molar-refractivity contribution in [2.75, 3.05) is 11.4 Å². The van der Waals surface area contributed by atoms with Crippen molar-refractivity contribution in [3.8, 4) is 0 Å². The van der Waals surface area contributed by atoms with Gasteiger partial charge in [0.05, 0.1) is 5.69 Å². The van der Waals surface area contributed by atoms with E-state index in [1.807, 2.05) is 57.2 Å². The molecule has 0 aliphatic carbocycles. The van der Waals surface area contributed by atoms with Gasteiger partial charge in [-0.05, 0) is 61.4 Å². The van der Waals surface area contributed by atoms with Gasteiger partial charge in [-0.25, -0.2) is 4.39 Å². The Hall–Kier alpha value is -3.74. The predicted octanol–water partition coefficient (Wildman–Crippen LogP) is 5.44. The van der Waals surface area contributed by atoms with Crippen LogP contribution in [-0.4, -0.2) is 41.2 Å². The van der Waals surface area contributed by atoms with Crippen LogP contribution in [-0.2, 0) is 16.1 Å². The minimum Gasteiger partial charge on any atom is -0.352 e. The Morgan fingerprint density at radius 2 is 1.70 bits per heavy atom. The van der Waals surface area contributed by atoms with Crippen molar-refractivity contribution in [3.63, 3.8) is 0 Å². The molecule has 4 rings (SSSR count). The Kier molecular flexibility index (Phi) is 8.21. The summed E-state index contributed by atoms with van der Waals surface area (Å²) < 4.78 is 13.5. The van der Waals surface area contributed by atoms with E-state index in [9.17, 15) is 18.8 Å². The van der Waals surface area contributed by atoms with Crippen LogP contribution in [0.15, 0.2) is 60.7 Å². The first kappa shape index (κ1) is 26.3. The highest BCUT2D eigenvalue weighted by molar-refractivity contribution is 6.25. The lowest BCUT2D eigenvalue weighted by atomic mass is 10.1. The van der Waals surface area contributed by atoms with Gasteiger partial charge in [0.2, 0.25) is 11.8 Å². The Labute approximate surface area is 217 Å². The molecule has 194 valence electrons. The molecule has 3 aromatic rings. The van der Waals surface area contributed by atoms with Gasteiger partial charge < -0.3 is 15.1 Å². The zero-order chi connectivity index (χ0) is 26.5. The number of amides is 3. The SMILES string of the molecule is CC[C@@H](C)NC(=O)[C@H](CC)N(Cc1ccc(F)cc1)C(=O)CCCN1C(=O)c2cccc3cccc1c23. The van der Waals surface area contributed by atoms with Gasteiger partial charge in [-0.3, -0.25) is 14.4 Å². The molecule has 1 aliphatic rings. The Balaban J connectivity index is 1.48. The lowest BCUT2D eigenvalue weighted by Gasteiger charge is -2.31. The van der Waals surface area contributed by atoms with Crippen LogP contribution < -0.4 is 10.2 Å². The van der Waals surface area contributed by atoms with Gasteiger partial charge in [-0.2, -0.15) is 0 Å². The number of nitrogens with one attached hydrogen (secondary N) is 1. The lowest BCUT2D eigenvalue weighted by molar-refractivity contribution is -0.141. The van der Waals surface area contributed by atoms with Gasteiger partial charge in [0.1, 0.15) is 11.9 Å². The maximum Gasteiger partial charge on any atom is 0.258 e. The second-order valence-electron chi connectivity index (χ2n) is 9.63. The Morgan fingerprint density at radius 1 is 1.00 bits per heavy atom. The Bertz CT molecular complexity index is 1290. The van der Waals surface area contributed by atoms with Crippen LogP contribution in [0.2, 0.25) is 0 Å². The summed E-state index contributed by atoms with van der Waals surface area (Å²) in [5, 5.41) is 4.96. The zero-order valence-electron chi connectivity index (χ0n) is 21.7. The predicted molar refractivity (Wildman–Crippen MR) is 144 cm³/mol. The molecule has 1 aliphatic heterocycles. The van der Waals surface area contributed by atoms with Crippen molar-refractivity contribution in [2.45, 2.75) is 65.1 Å². The number of carbonyl (C=O) groups is 3. The first-order chi connectivity index (χ1) is 17.8. The molecule has 0 fully saturated rings. The molecule has 3 aromatic carbocycles. The van der Waals surface area contributed by atoms with E-state index >= 15 is 0 Å². The molecule has 3 amide bonds. The first-order valence-corrected chi connectivity index (χ1v) is 13.0. The molecule has 0 bridgehead atoms. The van der Waals surface area contributed by atoms with E-state index in [1.54, 1.807) is 21.9 Å². The number of hydrogen-bond donors (Lipinski definition) is 1. The number of nitrogens with zero attached hydrogens (tertiary/aromatic N) is 2. The molecule has 0 aromatic heterocycles. The summed E-state index contributed by atoms with van der Waals surface area (Å²) in [7, 11) is 0. The van der Waals surface area contributed by atoms with Crippen molar-refractivity contribution in [3.05, 3.63) is 77.6 Å². The van der Waals surface area contributed by atoms with Crippen LogP contribution >= 0.6 is 0 Å². The van der Waals surface area contributed by atoms with E-state index in [4.69, 9.17) is 0 Å². The van der Waals surface area contributed by atoms with Crippen molar-refractivity contribution < 1.29 is 18.8 Å². The normalized spacial score (nSPS) is 14.1. The third-order valence-corrected chi connectivity index (χ3v) is 7.07. The van der Waals surface area contributed by atoms with Crippen LogP contribution in [0.3, 0.4) is 0 Å². The molecule has 7 heteroatoms. The summed E-state index contributed by atoms with van der Waals surface area (Å²) in [4.78, 5) is 43.0. The first-order valence-electron chi connectivity index (χ1n) is 13.0. The minimum atomic E-state index is -0.641. The van der Waals surface area contributed by atoms with Crippen LogP contribution in [0.5, 0.6) is 0 Å². The molecule has 0 unspecified atom stereocenters. The highest BCUT2D eigenvalue weighted by Gasteiger charge is 2.31. The fourth-order valence-electron chi connectivity index (χ4n) is 4.88. The van der Waals surface area contributed by atoms with Crippen molar-refractivity contribution in [1.29, 1.82) is 0 Å². The fraction of sp³-hybridized carbons (Fsp3) is 0.367.